The molecular weight excluding hydrogens is 596 g/mol. The van der Waals surface area contributed by atoms with Gasteiger partial charge in [0, 0.05) is 51.9 Å². The number of nitrogens with zero attached hydrogens (tertiary/aromatic N) is 4. The number of aryl methyl sites for hydroxylation is 1. The lowest BCUT2D eigenvalue weighted by atomic mass is 9.85. The fourth-order valence-electron chi connectivity index (χ4n) is 7.84. The molecule has 0 spiro atoms. The average molecular weight is 635 g/mol. The fourth-order valence-corrected chi connectivity index (χ4v) is 7.84. The molecule has 8 heteroatoms. The monoisotopic (exact) mass is 634 g/mol. The maximum absolute atomic E-state index is 12.5. The molecule has 2 atom stereocenters. The van der Waals surface area contributed by atoms with E-state index in [9.17, 15) is 4.79 Å². The first-order valence-corrected chi connectivity index (χ1v) is 16.7. The van der Waals surface area contributed by atoms with Crippen LogP contribution in [-0.2, 0) is 9.53 Å². The van der Waals surface area contributed by atoms with Gasteiger partial charge < -0.3 is 14.7 Å². The number of nitrogens with one attached hydrogen (secondary N) is 2. The number of carbonyl (C=O) groups excluding carboxylic acids is 1. The number of ether oxygens (including phenoxy) is 1. The Morgan fingerprint density at radius 2 is 1.58 bits per heavy atom. The second kappa shape index (κ2) is 11.1. The highest BCUT2D eigenvalue weighted by Crippen LogP contribution is 2.52. The van der Waals surface area contributed by atoms with Gasteiger partial charge in [-0.1, -0.05) is 38.6 Å². The summed E-state index contributed by atoms with van der Waals surface area (Å²) in [7, 11) is 1.45. The number of allylic oxidation sites excluding steroid dienone is 5. The standard InChI is InChI=1S/C40H38N6O2/c1-8-23-19(3)28-16-30-21(5)25(14-15-34(47)48-7)37(45-30)36-38-35(39-40(36)44-27-13-11-10-12-26(27)43-39)22(6)31(46-38)18-33-24(9-2)20(4)29(42-33)17-32(23)41-28/h8,10-13,16-18,21,25,45-46H,1,9,14-15H2,2-7H3/t21-,25-/m0/s1. The van der Waals surface area contributed by atoms with Crippen molar-refractivity contribution in [2.75, 3.05) is 7.11 Å². The zero-order chi connectivity index (χ0) is 33.4. The van der Waals surface area contributed by atoms with Gasteiger partial charge in [-0.2, -0.15) is 0 Å². The maximum atomic E-state index is 12.5. The molecule has 8 rings (SSSR count). The summed E-state index contributed by atoms with van der Waals surface area (Å²) < 4.78 is 5.08. The van der Waals surface area contributed by atoms with Crippen LogP contribution >= 0.6 is 0 Å². The van der Waals surface area contributed by atoms with E-state index in [0.717, 1.165) is 107 Å². The number of hydrogen-bond acceptors (Lipinski definition) is 6. The number of aromatic nitrogens is 6. The third kappa shape index (κ3) is 4.39. The van der Waals surface area contributed by atoms with Crippen LogP contribution in [0.5, 0.6) is 0 Å². The maximum Gasteiger partial charge on any atom is 0.305 e. The van der Waals surface area contributed by atoms with E-state index in [1.54, 1.807) is 0 Å². The zero-order valence-corrected chi connectivity index (χ0v) is 28.2. The van der Waals surface area contributed by atoms with Gasteiger partial charge in [-0.3, -0.25) is 4.79 Å². The topological polar surface area (TPSA) is 109 Å². The van der Waals surface area contributed by atoms with Crippen molar-refractivity contribution in [2.45, 2.75) is 65.7 Å². The Kier molecular flexibility index (Phi) is 6.95. The average Bonchev–Trinajstić information content (AvgIpc) is 3.83. The second-order valence-corrected chi connectivity index (χ2v) is 13.1. The first-order valence-electron chi connectivity index (χ1n) is 16.7. The van der Waals surface area contributed by atoms with E-state index in [1.807, 2.05) is 30.3 Å². The van der Waals surface area contributed by atoms with Crippen LogP contribution in [0.15, 0.2) is 55.1 Å². The molecule has 3 aromatic heterocycles. The number of hydrogen-bond donors (Lipinski definition) is 2. The number of benzene rings is 1. The van der Waals surface area contributed by atoms with Crippen molar-refractivity contribution < 1.29 is 9.53 Å². The largest absolute Gasteiger partial charge is 0.469 e. The summed E-state index contributed by atoms with van der Waals surface area (Å²) in [6.07, 6.45) is 3.67. The third-order valence-electron chi connectivity index (χ3n) is 10.6. The quantitative estimate of drug-likeness (QED) is 0.187. The van der Waals surface area contributed by atoms with Crippen LogP contribution in [0, 0.1) is 6.92 Å². The molecule has 3 aliphatic heterocycles. The van der Waals surface area contributed by atoms with Crippen LogP contribution in [0.3, 0.4) is 0 Å². The number of methoxy groups -OCH3 is 1. The molecule has 1 aliphatic carbocycles. The van der Waals surface area contributed by atoms with Gasteiger partial charge in [-0.15, -0.1) is 0 Å². The van der Waals surface area contributed by atoms with Gasteiger partial charge in [0.1, 0.15) is 5.69 Å². The Bertz CT molecular complexity index is 2370. The van der Waals surface area contributed by atoms with Gasteiger partial charge in [0.2, 0.25) is 0 Å². The molecule has 48 heavy (non-hydrogen) atoms. The van der Waals surface area contributed by atoms with Crippen LogP contribution in [-0.4, -0.2) is 43.0 Å². The Morgan fingerprint density at radius 1 is 0.896 bits per heavy atom. The molecule has 1 aromatic carbocycles. The van der Waals surface area contributed by atoms with Crippen molar-refractivity contribution in [3.63, 3.8) is 0 Å². The van der Waals surface area contributed by atoms with Crippen molar-refractivity contribution in [1.29, 1.82) is 0 Å². The van der Waals surface area contributed by atoms with Crippen LogP contribution in [0.2, 0.25) is 0 Å². The number of aromatic amines is 2. The molecule has 6 heterocycles. The van der Waals surface area contributed by atoms with E-state index in [4.69, 9.17) is 24.7 Å². The predicted molar refractivity (Wildman–Crippen MR) is 192 cm³/mol. The van der Waals surface area contributed by atoms with E-state index in [0.29, 0.717) is 12.8 Å². The van der Waals surface area contributed by atoms with Gasteiger partial charge in [-0.05, 0) is 86.2 Å². The molecule has 0 fully saturated rings. The van der Waals surface area contributed by atoms with Crippen molar-refractivity contribution in [1.82, 2.24) is 29.9 Å². The molecule has 240 valence electrons. The summed E-state index contributed by atoms with van der Waals surface area (Å²) in [5.74, 6) is -0.154. The van der Waals surface area contributed by atoms with E-state index >= 15 is 0 Å². The van der Waals surface area contributed by atoms with Crippen LogP contribution < -0.4 is 0 Å². The van der Waals surface area contributed by atoms with Crippen LogP contribution in [0.4, 0.5) is 0 Å². The minimum absolute atomic E-state index is 0.00228. The molecule has 0 amide bonds. The number of carbonyl (C=O) groups is 1. The third-order valence-corrected chi connectivity index (χ3v) is 10.6. The molecule has 0 saturated carbocycles. The number of esters is 1. The van der Waals surface area contributed by atoms with Gasteiger partial charge in [0.25, 0.3) is 0 Å². The van der Waals surface area contributed by atoms with Gasteiger partial charge in [0.05, 0.1) is 52.1 Å². The van der Waals surface area contributed by atoms with Crippen molar-refractivity contribution in [3.05, 3.63) is 94.8 Å². The SMILES string of the molecule is C=CC1=C(C)c2cc3[nH]c(c4c5[nH]c(cc6nc(cc1n2)C(C)=C6CC)c(C)c5-c1nc2ccccc2nc1-4)[C@@H](CCC(=O)OC)[C@@H]3C. The molecule has 4 aliphatic rings. The first kappa shape index (κ1) is 30.0. The molecule has 0 radical (unpaired) electrons. The molecule has 0 unspecified atom stereocenters. The zero-order valence-electron chi connectivity index (χ0n) is 28.2. The van der Waals surface area contributed by atoms with Crippen molar-refractivity contribution in [2.24, 2.45) is 0 Å². The predicted octanol–water partition coefficient (Wildman–Crippen LogP) is 9.23. The number of rotatable bonds is 5. The summed E-state index contributed by atoms with van der Waals surface area (Å²) in [5, 5.41) is 0. The smallest absolute Gasteiger partial charge is 0.305 e. The lowest BCUT2D eigenvalue weighted by molar-refractivity contribution is -0.140. The molecule has 0 saturated heterocycles. The van der Waals surface area contributed by atoms with Crippen molar-refractivity contribution >= 4 is 50.3 Å². The highest BCUT2D eigenvalue weighted by Gasteiger charge is 2.36. The van der Waals surface area contributed by atoms with Gasteiger partial charge in [-0.25, -0.2) is 19.9 Å². The molecule has 4 aromatic rings. The number of H-pyrrole nitrogens is 2. The molecule has 2 N–H and O–H groups in total. The lowest BCUT2D eigenvalue weighted by Gasteiger charge is -2.17. The van der Waals surface area contributed by atoms with E-state index in [2.05, 4.69) is 69.4 Å². The minimum atomic E-state index is -0.221. The van der Waals surface area contributed by atoms with E-state index in [-0.39, 0.29) is 17.8 Å². The summed E-state index contributed by atoms with van der Waals surface area (Å²) >= 11 is 0. The van der Waals surface area contributed by atoms with Crippen LogP contribution in [0.25, 0.3) is 66.9 Å². The molecule has 8 bridgehead atoms. The van der Waals surface area contributed by atoms with Crippen LogP contribution in [0.1, 0.15) is 98.5 Å². The summed E-state index contributed by atoms with van der Waals surface area (Å²) in [4.78, 5) is 40.9. The highest BCUT2D eigenvalue weighted by atomic mass is 16.5. The Morgan fingerprint density at radius 3 is 2.27 bits per heavy atom. The molecular formula is C40H38N6O2. The normalized spacial score (nSPS) is 17.2. The lowest BCUT2D eigenvalue weighted by Crippen LogP contribution is -2.08. The Hall–Kier alpha value is -5.37. The van der Waals surface area contributed by atoms with E-state index < -0.39 is 0 Å². The Balaban J connectivity index is 1.54. The summed E-state index contributed by atoms with van der Waals surface area (Å²) in [6.45, 7) is 14.9. The first-order chi connectivity index (χ1) is 23.2. The van der Waals surface area contributed by atoms with Crippen molar-refractivity contribution in [3.8, 4) is 22.5 Å². The summed E-state index contributed by atoms with van der Waals surface area (Å²) in [5.41, 5.74) is 18.7. The van der Waals surface area contributed by atoms with Gasteiger partial charge >= 0.3 is 5.97 Å². The van der Waals surface area contributed by atoms with E-state index in [1.165, 1.54) is 12.7 Å². The summed E-state index contributed by atoms with van der Waals surface area (Å²) in [6, 6.07) is 14.4. The fraction of sp³-hybridized carbons (Fsp3) is 0.275. The number of fused-ring (bicyclic) bond motifs is 12. The van der Waals surface area contributed by atoms with Gasteiger partial charge in [0.15, 0.2) is 0 Å². The highest BCUT2D eigenvalue weighted by molar-refractivity contribution is 6.09. The number of para-hydroxylation sites is 2. The minimum Gasteiger partial charge on any atom is -0.469 e. The second-order valence-electron chi connectivity index (χ2n) is 13.1. The molecule has 8 nitrogen and oxygen atoms in total. The Labute approximate surface area is 279 Å².